The molecule has 1 saturated carbocycles. The van der Waals surface area contributed by atoms with Crippen molar-refractivity contribution in [3.63, 3.8) is 0 Å². The molecular formula is C14H13FN2O3. The van der Waals surface area contributed by atoms with Gasteiger partial charge in [-0.1, -0.05) is 6.42 Å². The predicted octanol–water partition coefficient (Wildman–Crippen LogP) is 2.41. The molecule has 2 amide bonds. The topological polar surface area (TPSA) is 85.3 Å². The fourth-order valence-electron chi connectivity index (χ4n) is 2.26. The molecule has 5 nitrogen and oxygen atoms in total. The van der Waals surface area contributed by atoms with Crippen LogP contribution in [0.4, 0.5) is 10.1 Å². The number of hydrogen-bond donors (Lipinski definition) is 2. The fourth-order valence-corrected chi connectivity index (χ4v) is 2.26. The highest BCUT2D eigenvalue weighted by Crippen LogP contribution is 2.33. The van der Waals surface area contributed by atoms with Crippen LogP contribution in [0.2, 0.25) is 0 Å². The van der Waals surface area contributed by atoms with E-state index in [9.17, 15) is 14.0 Å². The molecule has 0 spiro atoms. The molecule has 2 aromatic rings. The number of nitrogens with one attached hydrogen (secondary N) is 1. The first-order valence-electron chi connectivity index (χ1n) is 6.39. The van der Waals surface area contributed by atoms with Crippen molar-refractivity contribution in [2.45, 2.75) is 19.3 Å². The second kappa shape index (κ2) is 4.63. The van der Waals surface area contributed by atoms with E-state index in [1.54, 1.807) is 0 Å². The second-order valence-electron chi connectivity index (χ2n) is 4.93. The molecule has 0 atom stereocenters. The number of furan rings is 1. The van der Waals surface area contributed by atoms with Crippen molar-refractivity contribution in [3.05, 3.63) is 29.8 Å². The van der Waals surface area contributed by atoms with Gasteiger partial charge in [0.25, 0.3) is 5.91 Å². The van der Waals surface area contributed by atoms with Crippen molar-refractivity contribution in [2.75, 3.05) is 5.32 Å². The number of rotatable bonds is 3. The van der Waals surface area contributed by atoms with Crippen LogP contribution in [0.15, 0.2) is 22.6 Å². The number of anilines is 1. The van der Waals surface area contributed by atoms with E-state index in [1.165, 1.54) is 18.2 Å². The van der Waals surface area contributed by atoms with Gasteiger partial charge in [-0.3, -0.25) is 9.59 Å². The molecule has 6 heteroatoms. The number of hydrogen-bond acceptors (Lipinski definition) is 3. The van der Waals surface area contributed by atoms with Crippen LogP contribution in [-0.2, 0) is 4.79 Å². The Balaban J connectivity index is 2.05. The highest BCUT2D eigenvalue weighted by atomic mass is 19.1. The lowest BCUT2D eigenvalue weighted by molar-refractivity contribution is -0.122. The van der Waals surface area contributed by atoms with Crippen LogP contribution in [0.3, 0.4) is 0 Å². The summed E-state index contributed by atoms with van der Waals surface area (Å²) in [7, 11) is 0. The summed E-state index contributed by atoms with van der Waals surface area (Å²) in [5.41, 5.74) is 5.70. The average Bonchev–Trinajstić information content (AvgIpc) is 2.65. The lowest BCUT2D eigenvalue weighted by Crippen LogP contribution is -2.28. The van der Waals surface area contributed by atoms with Gasteiger partial charge in [0, 0.05) is 11.3 Å². The van der Waals surface area contributed by atoms with Crippen LogP contribution in [0.25, 0.3) is 11.0 Å². The van der Waals surface area contributed by atoms with Crippen molar-refractivity contribution in [1.82, 2.24) is 0 Å². The Morgan fingerprint density at radius 3 is 2.70 bits per heavy atom. The van der Waals surface area contributed by atoms with Crippen LogP contribution < -0.4 is 11.1 Å². The third-order valence-corrected chi connectivity index (χ3v) is 3.60. The molecule has 1 aromatic carbocycles. The molecule has 1 aromatic heterocycles. The van der Waals surface area contributed by atoms with Crippen molar-refractivity contribution >= 4 is 28.5 Å². The molecule has 20 heavy (non-hydrogen) atoms. The molecule has 0 unspecified atom stereocenters. The van der Waals surface area contributed by atoms with Gasteiger partial charge in [-0.2, -0.15) is 0 Å². The summed E-state index contributed by atoms with van der Waals surface area (Å²) in [6, 6.07) is 3.83. The van der Waals surface area contributed by atoms with Gasteiger partial charge in [0.2, 0.25) is 11.7 Å². The third-order valence-electron chi connectivity index (χ3n) is 3.60. The maximum atomic E-state index is 13.3. The number of amides is 2. The molecule has 0 saturated heterocycles. The molecule has 1 heterocycles. The van der Waals surface area contributed by atoms with E-state index in [-0.39, 0.29) is 23.3 Å². The quantitative estimate of drug-likeness (QED) is 0.902. The number of nitrogens with two attached hydrogens (primary N) is 1. The molecule has 1 aliphatic carbocycles. The number of fused-ring (bicyclic) bond motifs is 1. The summed E-state index contributed by atoms with van der Waals surface area (Å²) in [5.74, 6) is -1.68. The minimum atomic E-state index is -0.800. The molecule has 104 valence electrons. The number of carbonyl (C=O) groups excluding carboxylic acids is 2. The van der Waals surface area contributed by atoms with Gasteiger partial charge in [0.15, 0.2) is 0 Å². The van der Waals surface area contributed by atoms with Crippen LogP contribution in [0, 0.1) is 11.7 Å². The van der Waals surface area contributed by atoms with E-state index in [2.05, 4.69) is 5.32 Å². The Hall–Kier alpha value is -2.37. The normalized spacial score (nSPS) is 15.1. The van der Waals surface area contributed by atoms with Gasteiger partial charge in [0.1, 0.15) is 17.1 Å². The zero-order valence-electron chi connectivity index (χ0n) is 10.6. The van der Waals surface area contributed by atoms with Gasteiger partial charge >= 0.3 is 0 Å². The van der Waals surface area contributed by atoms with E-state index < -0.39 is 11.7 Å². The van der Waals surface area contributed by atoms with Gasteiger partial charge in [0.05, 0.1) is 0 Å². The Morgan fingerprint density at radius 1 is 1.35 bits per heavy atom. The van der Waals surface area contributed by atoms with Gasteiger partial charge in [-0.15, -0.1) is 0 Å². The second-order valence-corrected chi connectivity index (χ2v) is 4.93. The first kappa shape index (κ1) is 12.7. The Morgan fingerprint density at radius 2 is 2.10 bits per heavy atom. The first-order valence-corrected chi connectivity index (χ1v) is 6.39. The lowest BCUT2D eigenvalue weighted by atomic mass is 9.85. The smallest absolute Gasteiger partial charge is 0.286 e. The zero-order chi connectivity index (χ0) is 14.3. The minimum Gasteiger partial charge on any atom is -0.449 e. The fraction of sp³-hybridized carbons (Fsp3) is 0.286. The Labute approximate surface area is 113 Å². The van der Waals surface area contributed by atoms with E-state index in [0.717, 1.165) is 19.3 Å². The first-order chi connectivity index (χ1) is 9.56. The van der Waals surface area contributed by atoms with Crippen molar-refractivity contribution in [1.29, 1.82) is 0 Å². The maximum Gasteiger partial charge on any atom is 0.286 e. The molecule has 0 aliphatic heterocycles. The largest absolute Gasteiger partial charge is 0.449 e. The lowest BCUT2D eigenvalue weighted by Gasteiger charge is -2.23. The van der Waals surface area contributed by atoms with Gasteiger partial charge in [-0.25, -0.2) is 4.39 Å². The number of primary amides is 1. The van der Waals surface area contributed by atoms with Gasteiger partial charge in [-0.05, 0) is 31.0 Å². The molecule has 3 N–H and O–H groups in total. The Bertz CT molecular complexity index is 704. The summed E-state index contributed by atoms with van der Waals surface area (Å²) in [4.78, 5) is 23.4. The number of benzene rings is 1. The van der Waals surface area contributed by atoms with Crippen molar-refractivity contribution in [3.8, 4) is 0 Å². The number of carbonyl (C=O) groups is 2. The van der Waals surface area contributed by atoms with Gasteiger partial charge < -0.3 is 15.5 Å². The summed E-state index contributed by atoms with van der Waals surface area (Å²) in [5, 5.41) is 2.98. The zero-order valence-corrected chi connectivity index (χ0v) is 10.6. The highest BCUT2D eigenvalue weighted by Gasteiger charge is 2.28. The molecule has 1 fully saturated rings. The Kier molecular flexibility index (Phi) is 2.93. The van der Waals surface area contributed by atoms with Crippen LogP contribution >= 0.6 is 0 Å². The molecule has 1 aliphatic rings. The van der Waals surface area contributed by atoms with Crippen molar-refractivity contribution < 1.29 is 18.4 Å². The van der Waals surface area contributed by atoms with Crippen LogP contribution in [0.5, 0.6) is 0 Å². The van der Waals surface area contributed by atoms with Crippen LogP contribution in [-0.4, -0.2) is 11.8 Å². The average molecular weight is 276 g/mol. The summed E-state index contributed by atoms with van der Waals surface area (Å²) in [6.45, 7) is 0. The minimum absolute atomic E-state index is 0.0609. The number of halogens is 1. The molecular weight excluding hydrogens is 263 g/mol. The predicted molar refractivity (Wildman–Crippen MR) is 70.7 cm³/mol. The summed E-state index contributed by atoms with van der Waals surface area (Å²) < 4.78 is 18.6. The maximum absolute atomic E-state index is 13.3. The van der Waals surface area contributed by atoms with E-state index in [4.69, 9.17) is 10.2 Å². The standard InChI is InChI=1S/C14H13FN2O3/c15-8-4-5-10-9(6-8)11(12(20-10)13(16)18)17-14(19)7-2-1-3-7/h4-7H,1-3H2,(H2,16,18)(H,17,19). The highest BCUT2D eigenvalue weighted by molar-refractivity contribution is 6.10. The van der Waals surface area contributed by atoms with Crippen molar-refractivity contribution in [2.24, 2.45) is 11.7 Å². The van der Waals surface area contributed by atoms with E-state index in [1.807, 2.05) is 0 Å². The molecule has 0 radical (unpaired) electrons. The summed E-state index contributed by atoms with van der Waals surface area (Å²) >= 11 is 0. The van der Waals surface area contributed by atoms with E-state index >= 15 is 0 Å². The molecule has 3 rings (SSSR count). The van der Waals surface area contributed by atoms with E-state index in [0.29, 0.717) is 11.0 Å². The summed E-state index contributed by atoms with van der Waals surface area (Å²) in [6.07, 6.45) is 2.66. The van der Waals surface area contributed by atoms with Crippen LogP contribution in [0.1, 0.15) is 29.8 Å². The monoisotopic (exact) mass is 276 g/mol. The third kappa shape index (κ3) is 2.03. The molecule has 0 bridgehead atoms. The SMILES string of the molecule is NC(=O)c1oc2ccc(F)cc2c1NC(=O)C1CCC1.